The van der Waals surface area contributed by atoms with Gasteiger partial charge in [0.2, 0.25) is 52.9 Å². The molecule has 0 atom stereocenters. The van der Waals surface area contributed by atoms with Crippen molar-refractivity contribution in [3.63, 3.8) is 0 Å². The molecule has 0 amide bonds. The fourth-order valence-electron chi connectivity index (χ4n) is 11.2. The lowest BCUT2D eigenvalue weighted by atomic mass is 10.2. The second-order valence-electron chi connectivity index (χ2n) is 26.8. The molecule has 16 aromatic rings. The van der Waals surface area contributed by atoms with Crippen LogP contribution >= 0.6 is 0 Å². The van der Waals surface area contributed by atoms with E-state index in [1.165, 1.54) is 0 Å². The van der Waals surface area contributed by atoms with Crippen LogP contribution < -0.4 is 56.8 Å². The van der Waals surface area contributed by atoms with Gasteiger partial charge in [0.1, 0.15) is 86.2 Å². The Balaban J connectivity index is 0.000000136. The molecule has 0 aliphatic heterocycles. The summed E-state index contributed by atoms with van der Waals surface area (Å²) < 4.78 is 71.6. The van der Waals surface area contributed by atoms with Crippen LogP contribution in [-0.4, -0.2) is 44.9 Å². The van der Waals surface area contributed by atoms with Gasteiger partial charge in [-0.1, -0.05) is 97.1 Å². The molecule has 16 rings (SSSR count). The van der Waals surface area contributed by atoms with E-state index in [1.807, 2.05) is 306 Å². The lowest BCUT2D eigenvalue weighted by molar-refractivity contribution is 0.421. The van der Waals surface area contributed by atoms with Crippen LogP contribution in [0.2, 0.25) is 0 Å². The molecule has 118 heavy (non-hydrogen) atoms. The molecular weight excluding hydrogens is 1480 g/mol. The topological polar surface area (TPSA) is 227 Å². The van der Waals surface area contributed by atoms with E-state index in [2.05, 4.69) is 44.9 Å². The molecule has 0 radical (unpaired) electrons. The Kier molecular flexibility index (Phi) is 27.2. The number of benzene rings is 7. The maximum atomic E-state index is 6.06. The van der Waals surface area contributed by atoms with E-state index in [-0.39, 0.29) is 0 Å². The minimum absolute atomic E-state index is 0.470. The van der Waals surface area contributed by atoms with Gasteiger partial charge in [0, 0.05) is 179 Å². The first-order chi connectivity index (χ1) is 57.3. The van der Waals surface area contributed by atoms with E-state index in [0.29, 0.717) is 122 Å². The van der Waals surface area contributed by atoms with Gasteiger partial charge in [-0.3, -0.25) is 0 Å². The number of nitrogens with zero attached hydrogens (tertiary/aromatic N) is 9. The standard InChI is InChI=1S/2C25H22N2O3.C24H20N2O3.C23H19N3O3/c2*1-17-7-4-10-20(13-17)28-21-14-22(29-24-11-5-8-18(2)26-24)16-23(15-21)30-25-12-6-9-19(3)27-25;1-17-8-6-12-23(25-17)28-21-14-20(27-19-10-4-3-5-11-19)15-22(16-21)29-24-13-7-9-18(2)26-24;1-16-7-5-10-22(25-16)28-19-13-18(27-21-9-3-4-12-24-21)14-20(15-19)29-23-11-6-8-17(2)26-23/h2*4-16H,1-3H3;3-16H,1-2H3;3-15H,1-2H3. The average Bonchev–Trinajstić information content (AvgIpc) is 0.819. The summed E-state index contributed by atoms with van der Waals surface area (Å²) in [6.45, 7) is 19.4. The van der Waals surface area contributed by atoms with Crippen LogP contribution in [0.25, 0.3) is 0 Å². The van der Waals surface area contributed by atoms with Crippen molar-refractivity contribution in [3.05, 3.63) is 378 Å². The van der Waals surface area contributed by atoms with Crippen LogP contribution in [0.5, 0.6) is 139 Å². The third-order valence-electron chi connectivity index (χ3n) is 16.4. The molecule has 0 fully saturated rings. The normalized spacial score (nSPS) is 10.5. The Morgan fingerprint density at radius 2 is 0.331 bits per heavy atom. The van der Waals surface area contributed by atoms with E-state index in [1.54, 1.807) is 85.1 Å². The van der Waals surface area contributed by atoms with Gasteiger partial charge in [0.25, 0.3) is 0 Å². The van der Waals surface area contributed by atoms with E-state index < -0.39 is 0 Å². The fraction of sp³-hybridized carbons (Fsp3) is 0.103. The van der Waals surface area contributed by atoms with Crippen molar-refractivity contribution in [1.29, 1.82) is 0 Å². The molecule has 588 valence electrons. The quantitative estimate of drug-likeness (QED) is 0.0548. The Bertz CT molecular complexity index is 5230. The van der Waals surface area contributed by atoms with Crippen LogP contribution in [0, 0.1) is 69.2 Å². The van der Waals surface area contributed by atoms with Crippen molar-refractivity contribution in [2.75, 3.05) is 0 Å². The van der Waals surface area contributed by atoms with Crippen LogP contribution in [0.15, 0.2) is 322 Å². The number of hydrogen-bond donors (Lipinski definition) is 0. The first-order valence-corrected chi connectivity index (χ1v) is 37.7. The predicted molar refractivity (Wildman–Crippen MR) is 451 cm³/mol. The minimum Gasteiger partial charge on any atom is -0.457 e. The monoisotopic (exact) mass is 1570 g/mol. The van der Waals surface area contributed by atoms with Gasteiger partial charge < -0.3 is 56.8 Å². The van der Waals surface area contributed by atoms with E-state index in [0.717, 1.165) is 73.9 Å². The first kappa shape index (κ1) is 80.5. The highest BCUT2D eigenvalue weighted by Gasteiger charge is 2.16. The van der Waals surface area contributed by atoms with Gasteiger partial charge in [-0.15, -0.1) is 0 Å². The van der Waals surface area contributed by atoms with Crippen molar-refractivity contribution in [3.8, 4) is 139 Å². The molecule has 0 aliphatic carbocycles. The molecule has 21 heteroatoms. The smallest absolute Gasteiger partial charge is 0.219 e. The van der Waals surface area contributed by atoms with Crippen LogP contribution in [-0.2, 0) is 0 Å². The Hall–Kier alpha value is -15.5. The Labute approximate surface area is 684 Å². The third kappa shape index (κ3) is 25.8. The minimum atomic E-state index is 0.470. The highest BCUT2D eigenvalue weighted by molar-refractivity contribution is 5.51. The Morgan fingerprint density at radius 3 is 0.542 bits per heavy atom. The van der Waals surface area contributed by atoms with Crippen molar-refractivity contribution in [2.45, 2.75) is 69.2 Å². The number of para-hydroxylation sites is 1. The van der Waals surface area contributed by atoms with E-state index in [9.17, 15) is 0 Å². The summed E-state index contributed by atoms with van der Waals surface area (Å²) in [6, 6.07) is 97.1. The molecule has 7 aromatic carbocycles. The lowest BCUT2D eigenvalue weighted by Gasteiger charge is -2.13. The van der Waals surface area contributed by atoms with Gasteiger partial charge in [-0.25, -0.2) is 44.9 Å². The summed E-state index contributed by atoms with van der Waals surface area (Å²) in [4.78, 5) is 39.3. The zero-order chi connectivity index (χ0) is 82.0. The summed E-state index contributed by atoms with van der Waals surface area (Å²) in [6.07, 6.45) is 1.67. The van der Waals surface area contributed by atoms with Gasteiger partial charge in [0.15, 0.2) is 0 Å². The summed E-state index contributed by atoms with van der Waals surface area (Å²) in [5.74, 6) is 13.3. The second kappa shape index (κ2) is 39.8. The maximum absolute atomic E-state index is 6.06. The van der Waals surface area contributed by atoms with E-state index >= 15 is 0 Å². The highest BCUT2D eigenvalue weighted by atomic mass is 16.5. The molecular formula is C97H83N9O12. The maximum Gasteiger partial charge on any atom is 0.219 e. The predicted octanol–water partition coefficient (Wildman–Crippen LogP) is 25.9. The number of pyridine rings is 9. The second-order valence-corrected chi connectivity index (χ2v) is 26.8. The zero-order valence-electron chi connectivity index (χ0n) is 66.5. The summed E-state index contributed by atoms with van der Waals surface area (Å²) >= 11 is 0. The first-order valence-electron chi connectivity index (χ1n) is 37.7. The van der Waals surface area contributed by atoms with Gasteiger partial charge in [0.05, 0.1) is 0 Å². The number of ether oxygens (including phenoxy) is 12. The van der Waals surface area contributed by atoms with Crippen LogP contribution in [0.3, 0.4) is 0 Å². The summed E-state index contributed by atoms with van der Waals surface area (Å²) in [5.41, 5.74) is 9.21. The molecule has 9 aromatic heterocycles. The molecule has 9 heterocycles. The van der Waals surface area contributed by atoms with E-state index in [4.69, 9.17) is 56.8 Å². The highest BCUT2D eigenvalue weighted by Crippen LogP contribution is 2.40. The molecule has 0 saturated heterocycles. The van der Waals surface area contributed by atoms with Gasteiger partial charge in [-0.2, -0.15) is 0 Å². The van der Waals surface area contributed by atoms with Crippen molar-refractivity contribution in [1.82, 2.24) is 44.9 Å². The largest absolute Gasteiger partial charge is 0.457 e. The number of rotatable bonds is 24. The number of aryl methyl sites for hydroxylation is 10. The lowest BCUT2D eigenvalue weighted by Crippen LogP contribution is -1.94. The zero-order valence-corrected chi connectivity index (χ0v) is 66.5. The Morgan fingerprint density at radius 1 is 0.144 bits per heavy atom. The van der Waals surface area contributed by atoms with Gasteiger partial charge in [-0.05, 0) is 171 Å². The fourth-order valence-corrected chi connectivity index (χ4v) is 11.2. The van der Waals surface area contributed by atoms with Crippen molar-refractivity contribution >= 4 is 0 Å². The summed E-state index contributed by atoms with van der Waals surface area (Å²) in [7, 11) is 0. The van der Waals surface area contributed by atoms with Gasteiger partial charge >= 0.3 is 0 Å². The SMILES string of the molecule is Cc1cccc(Oc2cc(Oc3cccc(C)n3)cc(Oc3cccc(C)n3)c2)c1.Cc1cccc(Oc2cc(Oc3cccc(C)n3)cc(Oc3cccc(C)n3)c2)c1.Cc1cccc(Oc2cc(Oc3ccccc3)cc(Oc3cccc(C)n3)c2)n1.Cc1cccc(Oc2cc(Oc3ccccn3)cc(Oc3cccc(C)n3)c2)n1. The molecule has 0 N–H and O–H groups in total. The molecule has 0 aliphatic rings. The van der Waals surface area contributed by atoms with Crippen LogP contribution in [0.4, 0.5) is 0 Å². The van der Waals surface area contributed by atoms with Crippen molar-refractivity contribution in [2.24, 2.45) is 0 Å². The molecule has 0 unspecified atom stereocenters. The number of hydrogen-bond acceptors (Lipinski definition) is 21. The van der Waals surface area contributed by atoms with Crippen LogP contribution in [0.1, 0.15) is 56.7 Å². The third-order valence-corrected chi connectivity index (χ3v) is 16.4. The average molecular weight is 1570 g/mol. The molecule has 0 saturated carbocycles. The summed E-state index contributed by atoms with van der Waals surface area (Å²) in [5, 5.41) is 0. The molecule has 21 nitrogen and oxygen atoms in total. The molecule has 0 spiro atoms. The molecule has 0 bridgehead atoms. The number of aromatic nitrogens is 9. The van der Waals surface area contributed by atoms with Crippen molar-refractivity contribution < 1.29 is 56.8 Å².